The largest absolute Gasteiger partial charge is 0.472 e. The molecule has 1 unspecified atom stereocenters. The first-order chi connectivity index (χ1) is 8.84. The second kappa shape index (κ2) is 4.66. The summed E-state index contributed by atoms with van der Waals surface area (Å²) in [5.41, 5.74) is 1.66. The summed E-state index contributed by atoms with van der Waals surface area (Å²) in [4.78, 5) is 4.03. The molecule has 0 bridgehead atoms. The Kier molecular flexibility index (Phi) is 2.85. The van der Waals surface area contributed by atoms with Crippen LogP contribution in [0, 0.1) is 0 Å². The molecule has 0 radical (unpaired) electrons. The van der Waals surface area contributed by atoms with Gasteiger partial charge in [0.1, 0.15) is 11.5 Å². The van der Waals surface area contributed by atoms with E-state index in [1.165, 1.54) is 0 Å². The summed E-state index contributed by atoms with van der Waals surface area (Å²) in [6.45, 7) is 0. The standard InChI is InChI=1S/C12H9N3O2S/c18-10(8-2-1-4-13-6-8)12-15-14-11(17-12)9-3-5-16-7-9/h1-7,10,18H. The van der Waals surface area contributed by atoms with Crippen LogP contribution >= 0.6 is 12.6 Å². The van der Waals surface area contributed by atoms with Crippen LogP contribution in [0.2, 0.25) is 0 Å². The van der Waals surface area contributed by atoms with Crippen molar-refractivity contribution in [2.75, 3.05) is 0 Å². The molecule has 3 rings (SSSR count). The molecule has 0 spiro atoms. The van der Waals surface area contributed by atoms with Crippen molar-refractivity contribution in [3.8, 4) is 11.5 Å². The molecule has 0 aromatic carbocycles. The molecule has 0 fully saturated rings. The topological polar surface area (TPSA) is 65.0 Å². The summed E-state index contributed by atoms with van der Waals surface area (Å²) in [6, 6.07) is 5.51. The number of rotatable bonds is 3. The van der Waals surface area contributed by atoms with Gasteiger partial charge in [-0.1, -0.05) is 6.07 Å². The van der Waals surface area contributed by atoms with E-state index in [-0.39, 0.29) is 5.25 Å². The number of hydrogen-bond donors (Lipinski definition) is 1. The van der Waals surface area contributed by atoms with Crippen molar-refractivity contribution in [1.82, 2.24) is 15.2 Å². The van der Waals surface area contributed by atoms with Crippen LogP contribution in [-0.2, 0) is 0 Å². The quantitative estimate of drug-likeness (QED) is 0.733. The lowest BCUT2D eigenvalue weighted by Crippen LogP contribution is -1.94. The highest BCUT2D eigenvalue weighted by Crippen LogP contribution is 2.28. The van der Waals surface area contributed by atoms with E-state index in [2.05, 4.69) is 27.8 Å². The van der Waals surface area contributed by atoms with Gasteiger partial charge in [-0.05, 0) is 17.7 Å². The summed E-state index contributed by atoms with van der Waals surface area (Å²) < 4.78 is 10.5. The zero-order valence-electron chi connectivity index (χ0n) is 9.22. The van der Waals surface area contributed by atoms with Gasteiger partial charge in [0.05, 0.1) is 11.8 Å². The van der Waals surface area contributed by atoms with E-state index in [4.69, 9.17) is 8.83 Å². The molecule has 0 aliphatic rings. The van der Waals surface area contributed by atoms with Gasteiger partial charge >= 0.3 is 0 Å². The first-order valence-corrected chi connectivity index (χ1v) is 5.80. The molecule has 5 nitrogen and oxygen atoms in total. The van der Waals surface area contributed by atoms with E-state index in [1.54, 1.807) is 31.0 Å². The second-order valence-corrected chi connectivity index (χ2v) is 4.16. The summed E-state index contributed by atoms with van der Waals surface area (Å²) in [5.74, 6) is 0.851. The Balaban J connectivity index is 1.90. The van der Waals surface area contributed by atoms with Crippen molar-refractivity contribution < 1.29 is 8.83 Å². The summed E-state index contributed by atoms with van der Waals surface area (Å²) in [6.07, 6.45) is 6.53. The third kappa shape index (κ3) is 2.02. The van der Waals surface area contributed by atoms with Gasteiger partial charge in [-0.25, -0.2) is 0 Å². The molecule has 1 atom stereocenters. The van der Waals surface area contributed by atoms with E-state index in [0.717, 1.165) is 11.1 Å². The lowest BCUT2D eigenvalue weighted by atomic mass is 10.2. The number of pyridine rings is 1. The maximum absolute atomic E-state index is 5.56. The molecular weight excluding hydrogens is 250 g/mol. The van der Waals surface area contributed by atoms with E-state index < -0.39 is 0 Å². The molecule has 3 aromatic heterocycles. The highest BCUT2D eigenvalue weighted by Gasteiger charge is 2.18. The summed E-state index contributed by atoms with van der Waals surface area (Å²) >= 11 is 4.46. The SMILES string of the molecule is SC(c1cccnc1)c1nnc(-c2ccoc2)o1. The van der Waals surface area contributed by atoms with Crippen molar-refractivity contribution in [1.29, 1.82) is 0 Å². The van der Waals surface area contributed by atoms with Gasteiger partial charge < -0.3 is 8.83 Å². The highest BCUT2D eigenvalue weighted by molar-refractivity contribution is 7.80. The Hall–Kier alpha value is -2.08. The number of nitrogens with zero attached hydrogens (tertiary/aromatic N) is 3. The smallest absolute Gasteiger partial charge is 0.251 e. The minimum Gasteiger partial charge on any atom is -0.472 e. The van der Waals surface area contributed by atoms with Gasteiger partial charge in [0.2, 0.25) is 5.89 Å². The number of hydrogen-bond acceptors (Lipinski definition) is 6. The lowest BCUT2D eigenvalue weighted by molar-refractivity contribution is 0.513. The fraction of sp³-hybridized carbons (Fsp3) is 0.0833. The van der Waals surface area contributed by atoms with Crippen molar-refractivity contribution >= 4 is 12.6 Å². The molecule has 0 N–H and O–H groups in total. The average molecular weight is 259 g/mol. The van der Waals surface area contributed by atoms with Gasteiger partial charge in [0.15, 0.2) is 0 Å². The Labute approximate surface area is 108 Å². The molecule has 3 aromatic rings. The van der Waals surface area contributed by atoms with E-state index >= 15 is 0 Å². The Morgan fingerprint density at radius 3 is 2.89 bits per heavy atom. The predicted molar refractivity (Wildman–Crippen MR) is 67.1 cm³/mol. The van der Waals surface area contributed by atoms with E-state index in [0.29, 0.717) is 11.8 Å². The van der Waals surface area contributed by atoms with Crippen LogP contribution in [0.3, 0.4) is 0 Å². The van der Waals surface area contributed by atoms with Crippen LogP contribution in [0.25, 0.3) is 11.5 Å². The van der Waals surface area contributed by atoms with Crippen LogP contribution in [0.1, 0.15) is 16.7 Å². The summed E-state index contributed by atoms with van der Waals surface area (Å²) in [5, 5.41) is 7.66. The number of furan rings is 1. The molecule has 0 amide bonds. The predicted octanol–water partition coefficient (Wildman–Crippen LogP) is 2.74. The van der Waals surface area contributed by atoms with Crippen molar-refractivity contribution in [2.24, 2.45) is 0 Å². The normalized spacial score (nSPS) is 12.5. The number of thiol groups is 1. The maximum Gasteiger partial charge on any atom is 0.251 e. The van der Waals surface area contributed by atoms with Crippen LogP contribution in [0.5, 0.6) is 0 Å². The molecular formula is C12H9N3O2S. The number of aromatic nitrogens is 3. The molecule has 0 saturated carbocycles. The van der Waals surface area contributed by atoms with Gasteiger partial charge in [-0.2, -0.15) is 12.6 Å². The first kappa shape index (κ1) is 11.0. The Morgan fingerprint density at radius 2 is 2.17 bits per heavy atom. The third-order valence-corrected chi connectivity index (χ3v) is 2.96. The molecule has 3 heterocycles. The Morgan fingerprint density at radius 1 is 1.22 bits per heavy atom. The molecule has 0 saturated heterocycles. The zero-order chi connectivity index (χ0) is 12.4. The molecule has 18 heavy (non-hydrogen) atoms. The Bertz CT molecular complexity index is 622. The molecule has 6 heteroatoms. The van der Waals surface area contributed by atoms with E-state index in [9.17, 15) is 0 Å². The zero-order valence-corrected chi connectivity index (χ0v) is 10.1. The van der Waals surface area contributed by atoms with Crippen LogP contribution in [0.4, 0.5) is 0 Å². The minimum atomic E-state index is -0.285. The highest BCUT2D eigenvalue weighted by atomic mass is 32.1. The van der Waals surface area contributed by atoms with Crippen molar-refractivity contribution in [2.45, 2.75) is 5.25 Å². The first-order valence-electron chi connectivity index (χ1n) is 5.28. The maximum atomic E-state index is 5.56. The lowest BCUT2D eigenvalue weighted by Gasteiger charge is -2.04. The third-order valence-electron chi connectivity index (χ3n) is 2.44. The fourth-order valence-electron chi connectivity index (χ4n) is 1.53. The second-order valence-electron chi connectivity index (χ2n) is 3.65. The van der Waals surface area contributed by atoms with Gasteiger partial charge in [-0.15, -0.1) is 10.2 Å². The fourth-order valence-corrected chi connectivity index (χ4v) is 1.79. The summed E-state index contributed by atoms with van der Waals surface area (Å²) in [7, 11) is 0. The van der Waals surface area contributed by atoms with Crippen LogP contribution in [0.15, 0.2) is 52.0 Å². The molecule has 0 aliphatic heterocycles. The van der Waals surface area contributed by atoms with Crippen molar-refractivity contribution in [3.05, 3.63) is 54.6 Å². The van der Waals surface area contributed by atoms with Crippen LogP contribution < -0.4 is 0 Å². The average Bonchev–Trinajstić information content (AvgIpc) is 3.09. The van der Waals surface area contributed by atoms with Gasteiger partial charge in [0, 0.05) is 12.4 Å². The molecule has 90 valence electrons. The van der Waals surface area contributed by atoms with E-state index in [1.807, 2.05) is 12.1 Å². The van der Waals surface area contributed by atoms with Gasteiger partial charge in [0.25, 0.3) is 5.89 Å². The van der Waals surface area contributed by atoms with Crippen LogP contribution in [-0.4, -0.2) is 15.2 Å². The molecule has 0 aliphatic carbocycles. The monoisotopic (exact) mass is 259 g/mol. The minimum absolute atomic E-state index is 0.285. The van der Waals surface area contributed by atoms with Crippen molar-refractivity contribution in [3.63, 3.8) is 0 Å². The van der Waals surface area contributed by atoms with Gasteiger partial charge in [-0.3, -0.25) is 4.98 Å².